The van der Waals surface area contributed by atoms with Crippen LogP contribution in [0.25, 0.3) is 44.5 Å². The number of hydrogen-bond donors (Lipinski definition) is 0. The van der Waals surface area contributed by atoms with Crippen LogP contribution in [0.4, 0.5) is 34.1 Å². The molecule has 20 rings (SSSR count). The third-order valence-corrected chi connectivity index (χ3v) is 27.6. The lowest BCUT2D eigenvalue weighted by atomic mass is 9.67. The molecule has 0 spiro atoms. The molecule has 0 aliphatic heterocycles. The maximum atomic E-state index is 6.48. The van der Waals surface area contributed by atoms with Gasteiger partial charge in [-0.1, -0.05) is 361 Å². The summed E-state index contributed by atoms with van der Waals surface area (Å²) < 4.78 is 12.9. The van der Waals surface area contributed by atoms with E-state index in [-0.39, 0.29) is 16.2 Å². The Balaban J connectivity index is 0.000000162. The second kappa shape index (κ2) is 31.9. The van der Waals surface area contributed by atoms with Gasteiger partial charge in [0.05, 0.1) is 10.8 Å². The molecular formula is C119H108N2O2. The van der Waals surface area contributed by atoms with E-state index in [0.717, 1.165) is 58.5 Å². The fourth-order valence-electron chi connectivity index (χ4n) is 20.4. The van der Waals surface area contributed by atoms with Gasteiger partial charge in [0.1, 0.15) is 24.7 Å². The highest BCUT2D eigenvalue weighted by molar-refractivity contribution is 5.94. The van der Waals surface area contributed by atoms with Gasteiger partial charge in [-0.05, 0) is 273 Å². The van der Waals surface area contributed by atoms with Gasteiger partial charge in [0.25, 0.3) is 0 Å². The number of nitrogens with zero attached hydrogens (tertiary/aromatic N) is 2. The Morgan fingerprint density at radius 2 is 0.561 bits per heavy atom. The van der Waals surface area contributed by atoms with Crippen molar-refractivity contribution in [2.45, 2.75) is 148 Å². The molecule has 4 heteroatoms. The summed E-state index contributed by atoms with van der Waals surface area (Å²) in [6.45, 7) is 28.6. The number of aryl methyl sites for hydroxylation is 1. The third-order valence-electron chi connectivity index (χ3n) is 27.6. The average Bonchev–Trinajstić information content (AvgIpc) is 1.54. The monoisotopic (exact) mass is 1600 g/mol. The summed E-state index contributed by atoms with van der Waals surface area (Å²) in [5.41, 5.74) is 39.0. The summed E-state index contributed by atoms with van der Waals surface area (Å²) in [6.07, 6.45) is 2.27. The van der Waals surface area contributed by atoms with Crippen LogP contribution in [0.15, 0.2) is 376 Å². The molecule has 4 aliphatic carbocycles. The van der Waals surface area contributed by atoms with Crippen LogP contribution in [0.2, 0.25) is 0 Å². The van der Waals surface area contributed by atoms with Crippen LogP contribution in [0.1, 0.15) is 201 Å². The number of para-hydroxylation sites is 2. The molecule has 0 aromatic heterocycles. The summed E-state index contributed by atoms with van der Waals surface area (Å²) in [4.78, 5) is 4.89. The highest BCUT2D eigenvalue weighted by atomic mass is 16.5. The Morgan fingerprint density at radius 3 is 0.902 bits per heavy atom. The Morgan fingerprint density at radius 1 is 0.276 bits per heavy atom. The zero-order valence-electron chi connectivity index (χ0n) is 73.0. The third kappa shape index (κ3) is 13.9. The molecule has 4 nitrogen and oxygen atoms in total. The molecule has 4 unspecified atom stereocenters. The normalized spacial score (nSPS) is 16.1. The van der Waals surface area contributed by atoms with Gasteiger partial charge >= 0.3 is 0 Å². The van der Waals surface area contributed by atoms with Crippen molar-refractivity contribution in [2.24, 2.45) is 0 Å². The van der Waals surface area contributed by atoms with Gasteiger partial charge in [0.15, 0.2) is 0 Å². The van der Waals surface area contributed by atoms with Crippen LogP contribution in [0.3, 0.4) is 0 Å². The molecule has 0 saturated carbocycles. The Labute approximate surface area is 728 Å². The van der Waals surface area contributed by atoms with Crippen molar-refractivity contribution in [3.63, 3.8) is 0 Å². The van der Waals surface area contributed by atoms with Crippen LogP contribution in [0.5, 0.6) is 11.5 Å². The summed E-state index contributed by atoms with van der Waals surface area (Å²) in [7, 11) is 0. The van der Waals surface area contributed by atoms with Crippen molar-refractivity contribution in [2.75, 3.05) is 9.80 Å². The van der Waals surface area contributed by atoms with Crippen LogP contribution in [-0.2, 0) is 40.3 Å². The molecule has 123 heavy (non-hydrogen) atoms. The summed E-state index contributed by atoms with van der Waals surface area (Å²) in [5, 5.41) is 0. The Hall–Kier alpha value is -13.3. The van der Waals surface area contributed by atoms with E-state index in [1.807, 2.05) is 0 Å². The molecule has 606 valence electrons. The first-order chi connectivity index (χ1) is 59.7. The topological polar surface area (TPSA) is 24.9 Å². The minimum atomic E-state index is -0.591. The SMILES string of the molecule is CCC(C)c1ccc(COc2ccc(C3(c4ccc(C(C)(C)C)cc4)c4ccccc4-c4ccc(N(c5ccccc5)c5ccc6c(c5)C(C)(C)c5ccccc5-6)cc43)cc2)cc1.CCC(C)c1ccc(COc2ccc(C3(c4ccc(C)cc4)c4ccccc4-c4ccc(N(c5ccccc5)c5ccc6c(c5)C(C)(C)c5ccccc5-6)cc43)cc2)cc1. The Kier molecular flexibility index (Phi) is 20.6. The zero-order chi connectivity index (χ0) is 84.5. The smallest absolute Gasteiger partial charge is 0.119 e. The molecule has 0 N–H and O–H groups in total. The molecule has 0 radical (unpaired) electrons. The molecule has 4 aliphatic rings. The van der Waals surface area contributed by atoms with Crippen molar-refractivity contribution in [1.29, 1.82) is 0 Å². The molecule has 0 amide bonds. The second-order valence-corrected chi connectivity index (χ2v) is 36.6. The molecule has 0 heterocycles. The minimum absolute atomic E-state index is 0.0277. The van der Waals surface area contributed by atoms with Gasteiger partial charge in [-0.25, -0.2) is 0 Å². The van der Waals surface area contributed by atoms with E-state index >= 15 is 0 Å². The van der Waals surface area contributed by atoms with Crippen molar-refractivity contribution >= 4 is 34.1 Å². The van der Waals surface area contributed by atoms with E-state index in [9.17, 15) is 0 Å². The summed E-state index contributed by atoms with van der Waals surface area (Å²) in [6, 6.07) is 140. The van der Waals surface area contributed by atoms with E-state index in [1.165, 1.54) is 145 Å². The van der Waals surface area contributed by atoms with E-state index in [4.69, 9.17) is 9.47 Å². The van der Waals surface area contributed by atoms with E-state index in [1.54, 1.807) is 0 Å². The maximum Gasteiger partial charge on any atom is 0.119 e. The number of fused-ring (bicyclic) bond motifs is 12. The van der Waals surface area contributed by atoms with E-state index in [2.05, 4.69) is 469 Å². The van der Waals surface area contributed by atoms with Gasteiger partial charge in [-0.15, -0.1) is 0 Å². The van der Waals surface area contributed by atoms with E-state index < -0.39 is 10.8 Å². The average molecular weight is 1600 g/mol. The highest BCUT2D eigenvalue weighted by Gasteiger charge is 2.49. The fourth-order valence-corrected chi connectivity index (χ4v) is 20.4. The number of ether oxygens (including phenoxy) is 2. The minimum Gasteiger partial charge on any atom is -0.489 e. The number of hydrogen-bond acceptors (Lipinski definition) is 4. The molecule has 0 fully saturated rings. The second-order valence-electron chi connectivity index (χ2n) is 36.6. The first kappa shape index (κ1) is 79.5. The first-order valence-corrected chi connectivity index (χ1v) is 44.3. The zero-order valence-corrected chi connectivity index (χ0v) is 73.0. The molecule has 16 aromatic rings. The highest BCUT2D eigenvalue weighted by Crippen LogP contribution is 2.61. The number of benzene rings is 16. The fraction of sp³-hybridized carbons (Fsp3) is 0.193. The quantitative estimate of drug-likeness (QED) is 0.0759. The van der Waals surface area contributed by atoms with Crippen LogP contribution < -0.4 is 19.3 Å². The Bertz CT molecular complexity index is 6570. The van der Waals surface area contributed by atoms with Gasteiger partial charge < -0.3 is 19.3 Å². The van der Waals surface area contributed by atoms with Crippen LogP contribution in [0, 0.1) is 6.92 Å². The van der Waals surface area contributed by atoms with Gasteiger partial charge in [-0.2, -0.15) is 0 Å². The number of anilines is 6. The van der Waals surface area contributed by atoms with Crippen molar-refractivity contribution in [3.05, 3.63) is 476 Å². The maximum absolute atomic E-state index is 6.48. The van der Waals surface area contributed by atoms with E-state index in [0.29, 0.717) is 25.0 Å². The lowest BCUT2D eigenvalue weighted by Gasteiger charge is -2.35. The van der Waals surface area contributed by atoms with Crippen molar-refractivity contribution in [3.8, 4) is 56.0 Å². The van der Waals surface area contributed by atoms with Crippen LogP contribution in [-0.4, -0.2) is 0 Å². The number of rotatable bonds is 20. The predicted molar refractivity (Wildman–Crippen MR) is 514 cm³/mol. The van der Waals surface area contributed by atoms with Gasteiger partial charge in [0, 0.05) is 45.0 Å². The molecular weight excluding hydrogens is 1490 g/mol. The molecule has 0 bridgehead atoms. The summed E-state index contributed by atoms with van der Waals surface area (Å²) >= 11 is 0. The lowest BCUT2D eigenvalue weighted by molar-refractivity contribution is 0.306. The summed E-state index contributed by atoms with van der Waals surface area (Å²) in [5.74, 6) is 2.83. The standard InChI is InChI=1S/C61H57NO.C58H51NO/c1-8-41(2)43-24-22-42(23-25-43)40-63-50-34-30-46(31-35-50)61(45-28-26-44(27-29-45)59(3,4)5)56-21-15-13-19-52(56)54-37-33-49(39-58(54)61)62(47-16-10-9-11-17-47)48-32-36-53-51-18-12-14-20-55(51)60(6,7)57(53)38-48;1-6-40(3)42-24-22-41(23-25-42)38-60-48-32-28-44(29-33-48)58(43-26-20-39(2)21-27-43)54-19-13-11-17-50(54)52-35-31-47(37-56(52)58)59(45-14-8-7-9-15-45)46-30-34-51-49-16-10-12-18-53(49)57(4,5)55(51)36-46/h9-39,41H,8,40H2,1-7H3;7-37,40H,6,38H2,1-5H3. The molecule has 16 aromatic carbocycles. The predicted octanol–water partition coefficient (Wildman–Crippen LogP) is 31.4. The first-order valence-electron chi connectivity index (χ1n) is 44.3. The van der Waals surface area contributed by atoms with Gasteiger partial charge in [0.2, 0.25) is 0 Å². The van der Waals surface area contributed by atoms with Gasteiger partial charge in [-0.3, -0.25) is 0 Å². The molecule has 0 saturated heterocycles. The van der Waals surface area contributed by atoms with Crippen molar-refractivity contribution in [1.82, 2.24) is 0 Å². The largest absolute Gasteiger partial charge is 0.489 e. The van der Waals surface area contributed by atoms with Crippen LogP contribution >= 0.6 is 0 Å². The molecule has 4 atom stereocenters. The lowest BCUT2D eigenvalue weighted by Crippen LogP contribution is -2.29. The van der Waals surface area contributed by atoms with Crippen molar-refractivity contribution < 1.29 is 9.47 Å².